The second-order valence-electron chi connectivity index (χ2n) is 7.65. The monoisotopic (exact) mass is 409 g/mol. The average Bonchev–Trinajstić information content (AvgIpc) is 3.07. The molecular formula is C20H28BN7O2. The van der Waals surface area contributed by atoms with E-state index >= 15 is 0 Å². The van der Waals surface area contributed by atoms with Crippen LogP contribution in [0.1, 0.15) is 12.5 Å². The van der Waals surface area contributed by atoms with E-state index in [0.29, 0.717) is 18.9 Å². The maximum absolute atomic E-state index is 11.9. The normalized spacial score (nSPS) is 12.2. The van der Waals surface area contributed by atoms with Crippen molar-refractivity contribution in [3.05, 3.63) is 42.1 Å². The van der Waals surface area contributed by atoms with Crippen LogP contribution in [0.3, 0.4) is 0 Å². The van der Waals surface area contributed by atoms with Crippen LogP contribution < -0.4 is 21.4 Å². The third-order valence-electron chi connectivity index (χ3n) is 4.49. The van der Waals surface area contributed by atoms with E-state index in [2.05, 4.69) is 26.0 Å². The van der Waals surface area contributed by atoms with E-state index in [1.807, 2.05) is 64.1 Å². The van der Waals surface area contributed by atoms with Crippen LogP contribution in [-0.4, -0.2) is 71.6 Å². The summed E-state index contributed by atoms with van der Waals surface area (Å²) in [5, 5.41) is 23.2. The Labute approximate surface area is 176 Å². The summed E-state index contributed by atoms with van der Waals surface area (Å²) in [6, 6.07) is 9.49. The number of aliphatic hydroxyl groups excluding tert-OH is 1. The van der Waals surface area contributed by atoms with E-state index in [9.17, 15) is 9.90 Å². The molecule has 0 radical (unpaired) electrons. The van der Waals surface area contributed by atoms with E-state index in [0.717, 1.165) is 28.2 Å². The van der Waals surface area contributed by atoms with Gasteiger partial charge in [0.25, 0.3) is 0 Å². The first kappa shape index (κ1) is 21.6. The van der Waals surface area contributed by atoms with Crippen LogP contribution in [0.5, 0.6) is 0 Å². The Kier molecular flexibility index (Phi) is 6.91. The maximum atomic E-state index is 11.9. The zero-order valence-corrected chi connectivity index (χ0v) is 17.8. The molecule has 2 heterocycles. The first-order chi connectivity index (χ1) is 14.4. The molecule has 3 aromatic rings. The van der Waals surface area contributed by atoms with Crippen LogP contribution >= 0.6 is 0 Å². The predicted molar refractivity (Wildman–Crippen MR) is 122 cm³/mol. The molecule has 0 bridgehead atoms. The second-order valence-corrected chi connectivity index (χ2v) is 7.65. The van der Waals surface area contributed by atoms with Crippen LogP contribution in [0, 0.1) is 0 Å². The SMILES string of the molecule is Bc1cnn2c(NCc3ccc(NC(=O)CN(C)C)cc3)cc(N[C@@H](C)CO)nc12. The number of hydrogen-bond acceptors (Lipinski definition) is 7. The molecule has 0 unspecified atom stereocenters. The summed E-state index contributed by atoms with van der Waals surface area (Å²) in [6.07, 6.45) is 1.78. The molecule has 0 aliphatic rings. The number of benzene rings is 1. The Morgan fingerprint density at radius 1 is 1.30 bits per heavy atom. The van der Waals surface area contributed by atoms with Gasteiger partial charge >= 0.3 is 0 Å². The summed E-state index contributed by atoms with van der Waals surface area (Å²) >= 11 is 0. The molecule has 158 valence electrons. The lowest BCUT2D eigenvalue weighted by Crippen LogP contribution is -2.27. The number of hydrogen-bond donors (Lipinski definition) is 4. The Bertz CT molecular complexity index is 1000. The zero-order valence-electron chi connectivity index (χ0n) is 17.8. The first-order valence-corrected chi connectivity index (χ1v) is 9.86. The van der Waals surface area contributed by atoms with E-state index < -0.39 is 0 Å². The number of carbonyl (C=O) groups is 1. The van der Waals surface area contributed by atoms with Crippen molar-refractivity contribution in [2.75, 3.05) is 43.2 Å². The highest BCUT2D eigenvalue weighted by Gasteiger charge is 2.11. The van der Waals surface area contributed by atoms with E-state index in [4.69, 9.17) is 0 Å². The van der Waals surface area contributed by atoms with Crippen LogP contribution in [0.25, 0.3) is 5.65 Å². The second kappa shape index (κ2) is 9.60. The van der Waals surface area contributed by atoms with Gasteiger partial charge in [-0.25, -0.2) is 4.98 Å². The molecule has 0 saturated carbocycles. The molecule has 2 aromatic heterocycles. The number of rotatable bonds is 9. The molecule has 1 amide bonds. The molecule has 0 fully saturated rings. The lowest BCUT2D eigenvalue weighted by molar-refractivity contribution is -0.116. The van der Waals surface area contributed by atoms with Gasteiger partial charge in [-0.05, 0) is 44.2 Å². The van der Waals surface area contributed by atoms with Crippen molar-refractivity contribution in [2.45, 2.75) is 19.5 Å². The molecule has 1 atom stereocenters. The Morgan fingerprint density at radius 3 is 2.70 bits per heavy atom. The van der Waals surface area contributed by atoms with Crippen molar-refractivity contribution in [1.29, 1.82) is 0 Å². The number of fused-ring (bicyclic) bond motifs is 1. The summed E-state index contributed by atoms with van der Waals surface area (Å²) in [6.45, 7) is 2.83. The van der Waals surface area contributed by atoms with E-state index in [1.54, 1.807) is 10.7 Å². The molecular weight excluding hydrogens is 381 g/mol. The summed E-state index contributed by atoms with van der Waals surface area (Å²) in [7, 11) is 5.68. The first-order valence-electron chi connectivity index (χ1n) is 9.86. The highest BCUT2D eigenvalue weighted by Crippen LogP contribution is 2.17. The van der Waals surface area contributed by atoms with Gasteiger partial charge in [0, 0.05) is 30.5 Å². The van der Waals surface area contributed by atoms with Gasteiger partial charge in [0.1, 0.15) is 19.5 Å². The minimum Gasteiger partial charge on any atom is -0.394 e. The quantitative estimate of drug-likeness (QED) is 0.366. The number of aliphatic hydroxyl groups is 1. The van der Waals surface area contributed by atoms with Crippen molar-refractivity contribution in [3.63, 3.8) is 0 Å². The van der Waals surface area contributed by atoms with Crippen molar-refractivity contribution in [3.8, 4) is 0 Å². The maximum Gasteiger partial charge on any atom is 0.238 e. The summed E-state index contributed by atoms with van der Waals surface area (Å²) in [5.74, 6) is 1.43. The Morgan fingerprint density at radius 2 is 2.03 bits per heavy atom. The standard InChI is InChI=1S/C20H28BN7O2/c1-13(12-29)24-17-8-18(28-20(26-17)16(21)10-23-28)22-9-14-4-6-15(7-5-14)25-19(30)11-27(2)3/h4-8,10,13,22,29H,9,11-12,21H2,1-3H3,(H,24,26)(H,25,30)/t13-/m0/s1. The molecule has 10 heteroatoms. The number of amides is 1. The largest absolute Gasteiger partial charge is 0.394 e. The lowest BCUT2D eigenvalue weighted by atomic mass is 10.0. The third kappa shape index (κ3) is 5.49. The van der Waals surface area contributed by atoms with E-state index in [-0.39, 0.29) is 18.6 Å². The number of aromatic nitrogens is 3. The van der Waals surface area contributed by atoms with Gasteiger partial charge in [-0.15, -0.1) is 0 Å². The van der Waals surface area contributed by atoms with Crippen LogP contribution in [0.4, 0.5) is 17.3 Å². The topological polar surface area (TPSA) is 107 Å². The van der Waals surface area contributed by atoms with Gasteiger partial charge in [-0.1, -0.05) is 12.1 Å². The van der Waals surface area contributed by atoms with Gasteiger partial charge < -0.3 is 26.0 Å². The number of carbonyl (C=O) groups excluding carboxylic acids is 1. The molecule has 30 heavy (non-hydrogen) atoms. The number of nitrogens with zero attached hydrogens (tertiary/aromatic N) is 4. The number of anilines is 3. The van der Waals surface area contributed by atoms with Gasteiger partial charge in [-0.2, -0.15) is 9.61 Å². The summed E-state index contributed by atoms with van der Waals surface area (Å²) < 4.78 is 1.76. The third-order valence-corrected chi connectivity index (χ3v) is 4.49. The molecule has 9 nitrogen and oxygen atoms in total. The molecule has 1 aromatic carbocycles. The molecule has 4 N–H and O–H groups in total. The highest BCUT2D eigenvalue weighted by molar-refractivity contribution is 6.36. The van der Waals surface area contributed by atoms with Crippen molar-refractivity contribution in [1.82, 2.24) is 19.5 Å². The molecule has 3 rings (SSSR count). The smallest absolute Gasteiger partial charge is 0.238 e. The van der Waals surface area contributed by atoms with Gasteiger partial charge in [0.05, 0.1) is 13.2 Å². The molecule has 0 aliphatic heterocycles. The molecule has 0 saturated heterocycles. The highest BCUT2D eigenvalue weighted by atomic mass is 16.3. The fourth-order valence-electron chi connectivity index (χ4n) is 2.96. The van der Waals surface area contributed by atoms with Gasteiger partial charge in [-0.3, -0.25) is 4.79 Å². The Balaban J connectivity index is 1.71. The Hall–Kier alpha value is -3.11. The number of nitrogens with one attached hydrogen (secondary N) is 3. The van der Waals surface area contributed by atoms with Crippen molar-refractivity contribution >= 4 is 42.2 Å². The summed E-state index contributed by atoms with van der Waals surface area (Å²) in [5.41, 5.74) is 3.56. The molecule has 0 aliphatic carbocycles. The average molecular weight is 409 g/mol. The predicted octanol–water partition coefficient (Wildman–Crippen LogP) is -0.107. The van der Waals surface area contributed by atoms with Gasteiger partial charge in [0.15, 0.2) is 5.65 Å². The molecule has 0 spiro atoms. The van der Waals surface area contributed by atoms with Gasteiger partial charge in [0.2, 0.25) is 5.91 Å². The van der Waals surface area contributed by atoms with Crippen LogP contribution in [0.2, 0.25) is 0 Å². The van der Waals surface area contributed by atoms with Crippen molar-refractivity contribution < 1.29 is 9.90 Å². The zero-order chi connectivity index (χ0) is 21.7. The van der Waals surface area contributed by atoms with Crippen LogP contribution in [0.15, 0.2) is 36.5 Å². The fraction of sp³-hybridized carbons (Fsp3) is 0.350. The lowest BCUT2D eigenvalue weighted by Gasteiger charge is -2.15. The van der Waals surface area contributed by atoms with E-state index in [1.165, 1.54) is 0 Å². The van der Waals surface area contributed by atoms with Crippen LogP contribution in [-0.2, 0) is 11.3 Å². The minimum atomic E-state index is -0.105. The number of likely N-dealkylation sites (N-methyl/N-ethyl adjacent to an activating group) is 1. The summed E-state index contributed by atoms with van der Waals surface area (Å²) in [4.78, 5) is 18.3. The fourth-order valence-corrected chi connectivity index (χ4v) is 2.96. The minimum absolute atomic E-state index is 0.0191. The van der Waals surface area contributed by atoms with Crippen molar-refractivity contribution in [2.24, 2.45) is 0 Å².